The summed E-state index contributed by atoms with van der Waals surface area (Å²) in [6.45, 7) is 3.05. The van der Waals surface area contributed by atoms with Gasteiger partial charge in [0.2, 0.25) is 5.88 Å². The van der Waals surface area contributed by atoms with Crippen molar-refractivity contribution in [2.24, 2.45) is 0 Å². The van der Waals surface area contributed by atoms with Crippen molar-refractivity contribution in [2.75, 3.05) is 13.7 Å². The molecule has 0 radical (unpaired) electrons. The lowest BCUT2D eigenvalue weighted by molar-refractivity contribution is 0.395. The normalized spacial score (nSPS) is 12.1. The summed E-state index contributed by atoms with van der Waals surface area (Å²) in [5.41, 5.74) is 2.32. The number of hydrogen-bond donors (Lipinski definition) is 1. The van der Waals surface area contributed by atoms with Crippen LogP contribution in [0, 0.1) is 0 Å². The predicted molar refractivity (Wildman–Crippen MR) is 77.4 cm³/mol. The molecule has 1 aromatic heterocycles. The van der Waals surface area contributed by atoms with Crippen molar-refractivity contribution in [2.45, 2.75) is 19.4 Å². The summed E-state index contributed by atoms with van der Waals surface area (Å²) in [6, 6.07) is 16.6. The number of aromatic nitrogens is 1. The largest absolute Gasteiger partial charge is 0.481 e. The zero-order chi connectivity index (χ0) is 13.5. The topological polar surface area (TPSA) is 34.1 Å². The summed E-state index contributed by atoms with van der Waals surface area (Å²) in [4.78, 5) is 4.48. The number of hydrogen-bond acceptors (Lipinski definition) is 3. The molecule has 2 rings (SSSR count). The maximum absolute atomic E-state index is 5.17. The van der Waals surface area contributed by atoms with Gasteiger partial charge in [-0.2, -0.15) is 0 Å². The Hall–Kier alpha value is -1.87. The third kappa shape index (κ3) is 3.80. The van der Waals surface area contributed by atoms with E-state index in [9.17, 15) is 0 Å². The monoisotopic (exact) mass is 256 g/mol. The Morgan fingerprint density at radius 3 is 2.58 bits per heavy atom. The maximum atomic E-state index is 5.17. The Morgan fingerprint density at radius 1 is 1.11 bits per heavy atom. The third-order valence-electron chi connectivity index (χ3n) is 3.06. The number of benzene rings is 1. The molecule has 0 spiro atoms. The van der Waals surface area contributed by atoms with Gasteiger partial charge in [0.1, 0.15) is 0 Å². The molecule has 19 heavy (non-hydrogen) atoms. The standard InChI is InChI=1S/C16H20N2O/c1-3-17-15(13-8-5-4-6-9-13)12-14-10-7-11-16(18-14)19-2/h4-11,15,17H,3,12H2,1-2H3. The van der Waals surface area contributed by atoms with Gasteiger partial charge in [-0.25, -0.2) is 4.98 Å². The maximum Gasteiger partial charge on any atom is 0.213 e. The Balaban J connectivity index is 2.16. The van der Waals surface area contributed by atoms with Crippen LogP contribution in [0.3, 0.4) is 0 Å². The van der Waals surface area contributed by atoms with Crippen LogP contribution >= 0.6 is 0 Å². The van der Waals surface area contributed by atoms with Crippen LogP contribution < -0.4 is 10.1 Å². The number of nitrogens with zero attached hydrogens (tertiary/aromatic N) is 1. The highest BCUT2D eigenvalue weighted by Crippen LogP contribution is 2.18. The first-order valence-electron chi connectivity index (χ1n) is 6.61. The van der Waals surface area contributed by atoms with E-state index in [1.807, 2.05) is 24.3 Å². The fraction of sp³-hybridized carbons (Fsp3) is 0.312. The molecular weight excluding hydrogens is 236 g/mol. The third-order valence-corrected chi connectivity index (χ3v) is 3.06. The van der Waals surface area contributed by atoms with E-state index in [4.69, 9.17) is 4.74 Å². The molecule has 0 saturated carbocycles. The first-order valence-corrected chi connectivity index (χ1v) is 6.61. The molecule has 1 unspecified atom stereocenters. The first kappa shape index (κ1) is 13.6. The van der Waals surface area contributed by atoms with E-state index >= 15 is 0 Å². The summed E-state index contributed by atoms with van der Waals surface area (Å²) in [6.07, 6.45) is 0.856. The van der Waals surface area contributed by atoms with Crippen molar-refractivity contribution >= 4 is 0 Å². The summed E-state index contributed by atoms with van der Waals surface area (Å²) >= 11 is 0. The average Bonchev–Trinajstić information content (AvgIpc) is 2.48. The lowest BCUT2D eigenvalue weighted by Crippen LogP contribution is -2.23. The second kappa shape index (κ2) is 6.90. The average molecular weight is 256 g/mol. The molecule has 0 amide bonds. The molecule has 0 bridgehead atoms. The van der Waals surface area contributed by atoms with Crippen molar-refractivity contribution in [1.82, 2.24) is 10.3 Å². The van der Waals surface area contributed by atoms with Crippen molar-refractivity contribution < 1.29 is 4.74 Å². The number of ether oxygens (including phenoxy) is 1. The van der Waals surface area contributed by atoms with E-state index in [0.717, 1.165) is 18.7 Å². The first-order chi connectivity index (χ1) is 9.33. The van der Waals surface area contributed by atoms with Gasteiger partial charge < -0.3 is 10.1 Å². The molecular formula is C16H20N2O. The highest BCUT2D eigenvalue weighted by Gasteiger charge is 2.11. The van der Waals surface area contributed by atoms with Gasteiger partial charge in [0.25, 0.3) is 0 Å². The molecule has 1 N–H and O–H groups in total. The van der Waals surface area contributed by atoms with Crippen molar-refractivity contribution in [1.29, 1.82) is 0 Å². The second-order valence-electron chi connectivity index (χ2n) is 4.40. The molecule has 3 nitrogen and oxygen atoms in total. The SMILES string of the molecule is CCNC(Cc1cccc(OC)n1)c1ccccc1. The highest BCUT2D eigenvalue weighted by molar-refractivity contribution is 5.22. The van der Waals surface area contributed by atoms with E-state index in [0.29, 0.717) is 5.88 Å². The van der Waals surface area contributed by atoms with Gasteiger partial charge >= 0.3 is 0 Å². The molecule has 100 valence electrons. The summed E-state index contributed by atoms with van der Waals surface area (Å²) in [5.74, 6) is 0.667. The van der Waals surface area contributed by atoms with E-state index in [-0.39, 0.29) is 6.04 Å². The zero-order valence-electron chi connectivity index (χ0n) is 11.5. The van der Waals surface area contributed by atoms with Gasteiger partial charge in [-0.1, -0.05) is 43.3 Å². The summed E-state index contributed by atoms with van der Waals surface area (Å²) in [7, 11) is 1.64. The molecule has 0 aliphatic carbocycles. The number of likely N-dealkylation sites (N-methyl/N-ethyl adjacent to an activating group) is 1. The molecule has 3 heteroatoms. The Labute approximate surface area is 114 Å². The van der Waals surface area contributed by atoms with Gasteiger partial charge in [0, 0.05) is 24.2 Å². The van der Waals surface area contributed by atoms with Crippen LogP contribution in [0.4, 0.5) is 0 Å². The minimum atomic E-state index is 0.283. The van der Waals surface area contributed by atoms with Crippen molar-refractivity contribution in [3.63, 3.8) is 0 Å². The van der Waals surface area contributed by atoms with Gasteiger partial charge in [-0.05, 0) is 18.2 Å². The number of pyridine rings is 1. The van der Waals surface area contributed by atoms with Crippen LogP contribution in [0.15, 0.2) is 48.5 Å². The van der Waals surface area contributed by atoms with Crippen LogP contribution in [0.5, 0.6) is 5.88 Å². The van der Waals surface area contributed by atoms with Crippen LogP contribution in [0.2, 0.25) is 0 Å². The van der Waals surface area contributed by atoms with E-state index in [1.165, 1.54) is 5.56 Å². The van der Waals surface area contributed by atoms with Gasteiger partial charge in [-0.15, -0.1) is 0 Å². The van der Waals surface area contributed by atoms with Crippen LogP contribution in [0.25, 0.3) is 0 Å². The fourth-order valence-corrected chi connectivity index (χ4v) is 2.13. The Morgan fingerprint density at radius 2 is 1.89 bits per heavy atom. The van der Waals surface area contributed by atoms with Crippen molar-refractivity contribution in [3.05, 3.63) is 59.8 Å². The second-order valence-corrected chi connectivity index (χ2v) is 4.40. The smallest absolute Gasteiger partial charge is 0.213 e. The molecule has 1 aromatic carbocycles. The van der Waals surface area contributed by atoms with Crippen LogP contribution in [-0.2, 0) is 6.42 Å². The number of rotatable bonds is 6. The Kier molecular flexibility index (Phi) is 4.93. The molecule has 1 atom stereocenters. The fourth-order valence-electron chi connectivity index (χ4n) is 2.13. The predicted octanol–water partition coefficient (Wildman–Crippen LogP) is 2.98. The van der Waals surface area contributed by atoms with Gasteiger partial charge in [-0.3, -0.25) is 0 Å². The van der Waals surface area contributed by atoms with E-state index < -0.39 is 0 Å². The number of methoxy groups -OCH3 is 1. The quantitative estimate of drug-likeness (QED) is 0.862. The minimum Gasteiger partial charge on any atom is -0.481 e. The summed E-state index contributed by atoms with van der Waals surface area (Å²) < 4.78 is 5.17. The number of nitrogens with one attached hydrogen (secondary N) is 1. The zero-order valence-corrected chi connectivity index (χ0v) is 11.5. The van der Waals surface area contributed by atoms with E-state index in [2.05, 4.69) is 41.5 Å². The van der Waals surface area contributed by atoms with Gasteiger partial charge in [0.15, 0.2) is 0 Å². The van der Waals surface area contributed by atoms with E-state index in [1.54, 1.807) is 7.11 Å². The molecule has 0 saturated heterocycles. The highest BCUT2D eigenvalue weighted by atomic mass is 16.5. The summed E-state index contributed by atoms with van der Waals surface area (Å²) in [5, 5.41) is 3.50. The molecule has 0 aliphatic rings. The molecule has 0 aliphatic heterocycles. The Bertz CT molecular complexity index is 499. The minimum absolute atomic E-state index is 0.283. The molecule has 1 heterocycles. The molecule has 0 fully saturated rings. The molecule has 2 aromatic rings. The van der Waals surface area contributed by atoms with Crippen molar-refractivity contribution in [3.8, 4) is 5.88 Å². The lowest BCUT2D eigenvalue weighted by atomic mass is 10.0. The van der Waals surface area contributed by atoms with Crippen LogP contribution in [-0.4, -0.2) is 18.6 Å². The van der Waals surface area contributed by atoms with Gasteiger partial charge in [0.05, 0.1) is 7.11 Å². The van der Waals surface area contributed by atoms with Crippen LogP contribution in [0.1, 0.15) is 24.2 Å². The lowest BCUT2D eigenvalue weighted by Gasteiger charge is -2.18.